The van der Waals surface area contributed by atoms with Crippen molar-refractivity contribution < 1.29 is 59.6 Å². The predicted octanol–water partition coefficient (Wildman–Crippen LogP) is 3.66. The lowest BCUT2D eigenvalue weighted by molar-refractivity contribution is -0.147. The molecule has 2 atom stereocenters. The fourth-order valence-electron chi connectivity index (χ4n) is 6.82. The highest BCUT2D eigenvalue weighted by Crippen LogP contribution is 2.24. The highest BCUT2D eigenvalue weighted by molar-refractivity contribution is 7.86. The molecular weight excluding hydrogens is 869 g/mol. The Morgan fingerprint density at radius 1 is 0.708 bits per heavy atom. The second-order valence-electron chi connectivity index (χ2n) is 15.4. The molecule has 2 aromatic heterocycles. The van der Waals surface area contributed by atoms with Gasteiger partial charge in [0.1, 0.15) is 43.0 Å². The minimum absolute atomic E-state index is 0.0458. The molecule has 65 heavy (non-hydrogen) atoms. The molecule has 7 rings (SSSR count). The van der Waals surface area contributed by atoms with E-state index in [1.165, 1.54) is 42.1 Å². The van der Waals surface area contributed by atoms with Crippen molar-refractivity contribution >= 4 is 63.1 Å². The minimum Gasteiger partial charge on any atom is -0.472 e. The van der Waals surface area contributed by atoms with E-state index in [4.69, 9.17) is 33.9 Å². The van der Waals surface area contributed by atoms with E-state index in [2.05, 4.69) is 24.6 Å². The molecule has 0 spiro atoms. The van der Waals surface area contributed by atoms with Crippen molar-refractivity contribution in [1.29, 1.82) is 10.8 Å². The topological polar surface area (TPSA) is 267 Å². The van der Waals surface area contributed by atoms with Gasteiger partial charge in [-0.25, -0.2) is 9.59 Å². The van der Waals surface area contributed by atoms with Crippen LogP contribution in [0.5, 0.6) is 0 Å². The summed E-state index contributed by atoms with van der Waals surface area (Å²) in [6, 6.07) is 16.2. The van der Waals surface area contributed by atoms with E-state index in [1.54, 1.807) is 53.4 Å². The second-order valence-corrected chi connectivity index (χ2v) is 17.1. The Morgan fingerprint density at radius 2 is 1.17 bits per heavy atom. The van der Waals surface area contributed by atoms with Gasteiger partial charge in [0.15, 0.2) is 0 Å². The van der Waals surface area contributed by atoms with E-state index < -0.39 is 40.2 Å². The number of carbonyl (C=O) groups excluding carboxylic acids is 5. The molecule has 0 bridgehead atoms. The first-order chi connectivity index (χ1) is 31.0. The molecule has 0 radical (unpaired) electrons. The predicted molar refractivity (Wildman–Crippen MR) is 234 cm³/mol. The molecule has 21 nitrogen and oxygen atoms in total. The molecule has 5 heterocycles. The maximum absolute atomic E-state index is 12.5. The van der Waals surface area contributed by atoms with Crippen LogP contribution in [0.2, 0.25) is 0 Å². The molecule has 0 saturated carbocycles. The first-order valence-corrected chi connectivity index (χ1v) is 22.3. The van der Waals surface area contributed by atoms with Gasteiger partial charge >= 0.3 is 18.2 Å². The van der Waals surface area contributed by atoms with Gasteiger partial charge in [0.2, 0.25) is 0 Å². The zero-order chi connectivity index (χ0) is 46.7. The monoisotopic (exact) mass is 918 g/mol. The summed E-state index contributed by atoms with van der Waals surface area (Å²) >= 11 is 0. The van der Waals surface area contributed by atoms with Gasteiger partial charge in [-0.3, -0.25) is 44.1 Å². The van der Waals surface area contributed by atoms with Crippen LogP contribution in [0.1, 0.15) is 52.1 Å². The number of nitrogens with one attached hydrogen (secondary N) is 4. The number of nitrogens with zero attached hydrogens (tertiary/aromatic N) is 4. The summed E-state index contributed by atoms with van der Waals surface area (Å²) in [4.78, 5) is 67.8. The lowest BCUT2D eigenvalue weighted by atomic mass is 10.1. The summed E-state index contributed by atoms with van der Waals surface area (Å²) in [5.41, 5.74) is 2.75. The zero-order valence-corrected chi connectivity index (χ0v) is 36.7. The first-order valence-electron chi connectivity index (χ1n) is 20.5. The number of cyclic esters (lactones) is 2. The molecule has 346 valence electrons. The minimum atomic E-state index is -3.63. The summed E-state index contributed by atoms with van der Waals surface area (Å²) in [6.45, 7) is 8.72. The van der Waals surface area contributed by atoms with E-state index in [-0.39, 0.29) is 43.0 Å². The second kappa shape index (κ2) is 21.7. The van der Waals surface area contributed by atoms with E-state index in [9.17, 15) is 32.4 Å². The Morgan fingerprint density at radius 3 is 1.62 bits per heavy atom. The van der Waals surface area contributed by atoms with Crippen molar-refractivity contribution in [2.45, 2.75) is 38.6 Å². The molecule has 0 aliphatic carbocycles. The number of ether oxygens (including phenoxy) is 3. The summed E-state index contributed by atoms with van der Waals surface area (Å²) in [6.07, 6.45) is 4.57. The summed E-state index contributed by atoms with van der Waals surface area (Å²) in [5, 5.41) is 21.1. The fraction of sp³-hybridized carbons (Fsp3) is 0.372. The van der Waals surface area contributed by atoms with Gasteiger partial charge in [-0.1, -0.05) is 0 Å². The summed E-state index contributed by atoms with van der Waals surface area (Å²) < 4.78 is 52.4. The normalized spacial score (nSPS) is 17.8. The SMILES string of the molecule is CC(C)OC(=O)CCN1CCN(CC2CN(c3ccc(C(=N)NC(=O)c4ccoc4)cc3)C(=O)O2)CC1.CS(=O)(=O)OCC1CN(c2ccc(C(=N)NC(=O)c3ccoc3)cc2)C(=O)O1. The van der Waals surface area contributed by atoms with Gasteiger partial charge < -0.3 is 38.6 Å². The molecule has 3 aliphatic heterocycles. The fourth-order valence-corrected chi connectivity index (χ4v) is 7.22. The lowest BCUT2D eigenvalue weighted by Gasteiger charge is -2.35. The molecule has 22 heteroatoms. The number of furan rings is 2. The van der Waals surface area contributed by atoms with Crippen LogP contribution < -0.4 is 20.4 Å². The van der Waals surface area contributed by atoms with Crippen molar-refractivity contribution in [3.05, 3.63) is 108 Å². The van der Waals surface area contributed by atoms with Gasteiger partial charge in [-0.05, 0) is 74.5 Å². The van der Waals surface area contributed by atoms with Crippen LogP contribution >= 0.6 is 0 Å². The number of rotatable bonds is 15. The number of amides is 4. The maximum Gasteiger partial charge on any atom is 0.414 e. The Hall–Kier alpha value is -6.88. The summed E-state index contributed by atoms with van der Waals surface area (Å²) in [5.74, 6) is -1.22. The zero-order valence-electron chi connectivity index (χ0n) is 35.9. The molecule has 3 fully saturated rings. The largest absolute Gasteiger partial charge is 0.472 e. The van der Waals surface area contributed by atoms with Gasteiger partial charge in [-0.2, -0.15) is 8.42 Å². The molecule has 2 aromatic carbocycles. The quantitative estimate of drug-likeness (QED) is 0.0436. The van der Waals surface area contributed by atoms with E-state index >= 15 is 0 Å². The molecule has 4 aromatic rings. The Balaban J connectivity index is 0.000000224. The average molecular weight is 919 g/mol. The third kappa shape index (κ3) is 13.8. The van der Waals surface area contributed by atoms with Gasteiger partial charge in [0, 0.05) is 61.8 Å². The molecule has 3 saturated heterocycles. The van der Waals surface area contributed by atoms with Gasteiger partial charge in [0.05, 0.1) is 55.5 Å². The van der Waals surface area contributed by atoms with E-state index in [1.807, 2.05) is 13.8 Å². The number of esters is 1. The Labute approximate surface area is 374 Å². The van der Waals surface area contributed by atoms with Crippen molar-refractivity contribution in [2.75, 3.05) is 75.0 Å². The lowest BCUT2D eigenvalue weighted by Crippen LogP contribution is -2.49. The molecule has 4 amide bonds. The van der Waals surface area contributed by atoms with E-state index in [0.717, 1.165) is 32.4 Å². The standard InChI is InChI=1S/C26H33N5O6.C17H17N3O7S/c1-18(2)36-23(32)7-9-29-10-12-30(13-11-29)15-22-16-31(26(34)37-22)21-5-3-19(4-6-21)24(27)28-25(33)20-8-14-35-17-20;1-28(23,24)26-10-14-8-20(17(22)27-14)13-4-2-11(3-5-13)15(18)19-16(21)12-6-7-25-9-12/h3-6,8,14,17-18,22H,7,9-13,15-16H2,1-2H3,(H2,27,28,33);2-7,9,14H,8,10H2,1H3,(H2,18,19,21). The number of hydrogen-bond donors (Lipinski definition) is 4. The van der Waals surface area contributed by atoms with Crippen LogP contribution in [-0.4, -0.2) is 143 Å². The van der Waals surface area contributed by atoms with Crippen molar-refractivity contribution in [2.24, 2.45) is 0 Å². The van der Waals surface area contributed by atoms with Crippen molar-refractivity contribution in [1.82, 2.24) is 20.4 Å². The van der Waals surface area contributed by atoms with Crippen LogP contribution in [0.15, 0.2) is 94.6 Å². The number of piperazine rings is 1. The van der Waals surface area contributed by atoms with Crippen LogP contribution in [0.4, 0.5) is 21.0 Å². The number of hydrogen-bond acceptors (Lipinski definition) is 17. The molecule has 2 unspecified atom stereocenters. The number of benzene rings is 2. The number of anilines is 2. The van der Waals surface area contributed by atoms with Crippen LogP contribution in [0.3, 0.4) is 0 Å². The average Bonchev–Trinajstić information content (AvgIpc) is 4.12. The van der Waals surface area contributed by atoms with Gasteiger partial charge in [0.25, 0.3) is 21.9 Å². The van der Waals surface area contributed by atoms with E-state index in [0.29, 0.717) is 59.7 Å². The third-order valence-corrected chi connectivity index (χ3v) is 10.7. The Bertz CT molecular complexity index is 2420. The number of amidine groups is 2. The Kier molecular flexibility index (Phi) is 15.9. The number of carbonyl (C=O) groups is 5. The highest BCUT2D eigenvalue weighted by atomic mass is 32.2. The van der Waals surface area contributed by atoms with Crippen molar-refractivity contribution in [3.8, 4) is 0 Å². The third-order valence-electron chi connectivity index (χ3n) is 10.1. The molecular formula is C43H50N8O13S. The summed E-state index contributed by atoms with van der Waals surface area (Å²) in [7, 11) is -3.63. The molecule has 4 N–H and O–H groups in total. The van der Waals surface area contributed by atoms with Gasteiger partial charge in [-0.15, -0.1) is 0 Å². The first kappa shape index (κ1) is 47.6. The highest BCUT2D eigenvalue weighted by Gasteiger charge is 2.35. The van der Waals surface area contributed by atoms with Crippen molar-refractivity contribution in [3.63, 3.8) is 0 Å². The van der Waals surface area contributed by atoms with Crippen LogP contribution in [0.25, 0.3) is 0 Å². The van der Waals surface area contributed by atoms with Crippen LogP contribution in [0, 0.1) is 10.8 Å². The smallest absolute Gasteiger partial charge is 0.414 e. The van der Waals surface area contributed by atoms with Crippen LogP contribution in [-0.2, 0) is 33.3 Å². The maximum atomic E-state index is 12.5. The molecule has 3 aliphatic rings.